The van der Waals surface area contributed by atoms with Crippen LogP contribution < -0.4 is 10.1 Å². The van der Waals surface area contributed by atoms with Gasteiger partial charge in [-0.15, -0.1) is 0 Å². The number of aliphatic hydroxyl groups is 1. The standard InChI is InChI=1S/C18H21NO2/c1-18(2)10-15-9-13(7-8-17(15)21-18)11-19-16-6-4-3-5-14(16)12-20/h3-9,19-20H,10-12H2,1-2H3. The zero-order valence-corrected chi connectivity index (χ0v) is 12.5. The molecule has 1 aliphatic heterocycles. The number of anilines is 1. The molecule has 3 nitrogen and oxygen atoms in total. The molecule has 2 aromatic carbocycles. The van der Waals surface area contributed by atoms with Gasteiger partial charge in [-0.1, -0.05) is 30.3 Å². The highest BCUT2D eigenvalue weighted by Gasteiger charge is 2.29. The molecule has 3 rings (SSSR count). The molecule has 0 unspecified atom stereocenters. The van der Waals surface area contributed by atoms with E-state index >= 15 is 0 Å². The summed E-state index contributed by atoms with van der Waals surface area (Å²) in [7, 11) is 0. The molecule has 1 heterocycles. The molecule has 0 aliphatic carbocycles. The van der Waals surface area contributed by atoms with Crippen LogP contribution in [0.1, 0.15) is 30.5 Å². The van der Waals surface area contributed by atoms with Crippen LogP contribution in [0, 0.1) is 0 Å². The monoisotopic (exact) mass is 283 g/mol. The first-order valence-electron chi connectivity index (χ1n) is 7.31. The van der Waals surface area contributed by atoms with Gasteiger partial charge in [0.1, 0.15) is 11.4 Å². The minimum Gasteiger partial charge on any atom is -0.487 e. The van der Waals surface area contributed by atoms with Crippen molar-refractivity contribution in [3.05, 3.63) is 59.2 Å². The van der Waals surface area contributed by atoms with E-state index in [0.717, 1.165) is 30.0 Å². The quantitative estimate of drug-likeness (QED) is 0.902. The van der Waals surface area contributed by atoms with Crippen LogP contribution >= 0.6 is 0 Å². The van der Waals surface area contributed by atoms with E-state index in [-0.39, 0.29) is 12.2 Å². The number of nitrogens with one attached hydrogen (secondary N) is 1. The van der Waals surface area contributed by atoms with Crippen molar-refractivity contribution in [1.82, 2.24) is 0 Å². The molecular formula is C18H21NO2. The van der Waals surface area contributed by atoms with E-state index in [9.17, 15) is 5.11 Å². The number of benzene rings is 2. The normalized spacial score (nSPS) is 15.4. The summed E-state index contributed by atoms with van der Waals surface area (Å²) in [5.74, 6) is 1.000. The fourth-order valence-electron chi connectivity index (χ4n) is 2.80. The third-order valence-corrected chi connectivity index (χ3v) is 3.80. The van der Waals surface area contributed by atoms with E-state index in [4.69, 9.17) is 4.74 Å². The second-order valence-electron chi connectivity index (χ2n) is 6.15. The number of para-hydroxylation sites is 1. The summed E-state index contributed by atoms with van der Waals surface area (Å²) >= 11 is 0. The lowest BCUT2D eigenvalue weighted by Crippen LogP contribution is -2.24. The Kier molecular flexibility index (Phi) is 3.60. The Bertz CT molecular complexity index is 649. The Hall–Kier alpha value is -2.00. The van der Waals surface area contributed by atoms with Gasteiger partial charge in [0.05, 0.1) is 6.61 Å². The average Bonchev–Trinajstić information content (AvgIpc) is 2.78. The number of hydrogen-bond acceptors (Lipinski definition) is 3. The third-order valence-electron chi connectivity index (χ3n) is 3.80. The summed E-state index contributed by atoms with van der Waals surface area (Å²) in [6, 6.07) is 14.2. The summed E-state index contributed by atoms with van der Waals surface area (Å²) in [6.07, 6.45) is 0.948. The lowest BCUT2D eigenvalue weighted by Gasteiger charge is -2.16. The molecule has 0 fully saturated rings. The number of rotatable bonds is 4. The van der Waals surface area contributed by atoms with Crippen molar-refractivity contribution in [3.63, 3.8) is 0 Å². The van der Waals surface area contributed by atoms with Crippen molar-refractivity contribution in [3.8, 4) is 5.75 Å². The highest BCUT2D eigenvalue weighted by Crippen LogP contribution is 2.35. The summed E-state index contributed by atoms with van der Waals surface area (Å²) in [5.41, 5.74) is 4.30. The number of hydrogen-bond donors (Lipinski definition) is 2. The summed E-state index contributed by atoms with van der Waals surface area (Å²) in [6.45, 7) is 5.02. The fourth-order valence-corrected chi connectivity index (χ4v) is 2.80. The molecular weight excluding hydrogens is 262 g/mol. The zero-order chi connectivity index (χ0) is 14.9. The van der Waals surface area contributed by atoms with Crippen LogP contribution in [0.4, 0.5) is 5.69 Å². The van der Waals surface area contributed by atoms with Gasteiger partial charge >= 0.3 is 0 Å². The Balaban J connectivity index is 1.72. The van der Waals surface area contributed by atoms with Gasteiger partial charge in [-0.25, -0.2) is 0 Å². The average molecular weight is 283 g/mol. The van der Waals surface area contributed by atoms with Crippen LogP contribution in [0.5, 0.6) is 5.75 Å². The van der Waals surface area contributed by atoms with E-state index in [1.54, 1.807) is 0 Å². The van der Waals surface area contributed by atoms with Crippen LogP contribution in [0.3, 0.4) is 0 Å². The largest absolute Gasteiger partial charge is 0.487 e. The van der Waals surface area contributed by atoms with E-state index < -0.39 is 0 Å². The molecule has 2 N–H and O–H groups in total. The van der Waals surface area contributed by atoms with E-state index in [0.29, 0.717) is 0 Å². The van der Waals surface area contributed by atoms with Crippen LogP contribution in [0.15, 0.2) is 42.5 Å². The van der Waals surface area contributed by atoms with Crippen molar-refractivity contribution in [2.24, 2.45) is 0 Å². The van der Waals surface area contributed by atoms with Gasteiger partial charge in [0, 0.05) is 24.2 Å². The maximum atomic E-state index is 9.34. The first-order valence-corrected chi connectivity index (χ1v) is 7.31. The second-order valence-corrected chi connectivity index (χ2v) is 6.15. The van der Waals surface area contributed by atoms with Crippen LogP contribution in [-0.2, 0) is 19.6 Å². The topological polar surface area (TPSA) is 41.5 Å². The Morgan fingerprint density at radius 1 is 1.19 bits per heavy atom. The van der Waals surface area contributed by atoms with Crippen molar-refractivity contribution in [2.75, 3.05) is 5.32 Å². The van der Waals surface area contributed by atoms with Crippen LogP contribution in [0.2, 0.25) is 0 Å². The number of fused-ring (bicyclic) bond motifs is 1. The smallest absolute Gasteiger partial charge is 0.123 e. The van der Waals surface area contributed by atoms with Gasteiger partial charge in [-0.05, 0) is 37.1 Å². The lowest BCUT2D eigenvalue weighted by atomic mass is 10.0. The van der Waals surface area contributed by atoms with Crippen LogP contribution in [0.25, 0.3) is 0 Å². The Labute approximate surface area is 125 Å². The summed E-state index contributed by atoms with van der Waals surface area (Å²) in [5, 5.41) is 12.7. The Morgan fingerprint density at radius 3 is 2.81 bits per heavy atom. The first-order chi connectivity index (χ1) is 10.1. The molecule has 0 radical (unpaired) electrons. The highest BCUT2D eigenvalue weighted by atomic mass is 16.5. The number of ether oxygens (including phenoxy) is 1. The van der Waals surface area contributed by atoms with Gasteiger partial charge in [-0.3, -0.25) is 0 Å². The van der Waals surface area contributed by atoms with Crippen LogP contribution in [-0.4, -0.2) is 10.7 Å². The SMILES string of the molecule is CC1(C)Cc2cc(CNc3ccccc3CO)ccc2O1. The number of aliphatic hydroxyl groups excluding tert-OH is 1. The maximum absolute atomic E-state index is 9.34. The fraction of sp³-hybridized carbons (Fsp3) is 0.333. The predicted octanol–water partition coefficient (Wildman–Crippen LogP) is 3.50. The molecule has 0 aromatic heterocycles. The van der Waals surface area contributed by atoms with Gasteiger partial charge in [-0.2, -0.15) is 0 Å². The van der Waals surface area contributed by atoms with Gasteiger partial charge in [0.15, 0.2) is 0 Å². The summed E-state index contributed by atoms with van der Waals surface area (Å²) < 4.78 is 5.90. The Morgan fingerprint density at radius 2 is 2.00 bits per heavy atom. The predicted molar refractivity (Wildman–Crippen MR) is 84.5 cm³/mol. The van der Waals surface area contributed by atoms with Gasteiger partial charge < -0.3 is 15.2 Å². The van der Waals surface area contributed by atoms with Gasteiger partial charge in [0.2, 0.25) is 0 Å². The zero-order valence-electron chi connectivity index (χ0n) is 12.5. The van der Waals surface area contributed by atoms with Crippen molar-refractivity contribution in [2.45, 2.75) is 39.0 Å². The van der Waals surface area contributed by atoms with E-state index in [1.807, 2.05) is 24.3 Å². The van der Waals surface area contributed by atoms with E-state index in [1.165, 1.54) is 11.1 Å². The summed E-state index contributed by atoms with van der Waals surface area (Å²) in [4.78, 5) is 0. The third kappa shape index (κ3) is 3.03. The molecule has 0 amide bonds. The highest BCUT2D eigenvalue weighted by molar-refractivity contribution is 5.51. The molecule has 2 aromatic rings. The molecule has 0 bridgehead atoms. The molecule has 0 saturated carbocycles. The molecule has 0 saturated heterocycles. The minimum absolute atomic E-state index is 0.0510. The first kappa shape index (κ1) is 14.0. The van der Waals surface area contributed by atoms with E-state index in [2.05, 4.69) is 37.4 Å². The van der Waals surface area contributed by atoms with Crippen molar-refractivity contribution >= 4 is 5.69 Å². The minimum atomic E-state index is -0.0993. The molecule has 0 atom stereocenters. The molecule has 0 spiro atoms. The maximum Gasteiger partial charge on any atom is 0.123 e. The molecule has 21 heavy (non-hydrogen) atoms. The van der Waals surface area contributed by atoms with Crippen molar-refractivity contribution in [1.29, 1.82) is 0 Å². The molecule has 3 heteroatoms. The lowest BCUT2D eigenvalue weighted by molar-refractivity contribution is 0.138. The van der Waals surface area contributed by atoms with Gasteiger partial charge in [0.25, 0.3) is 0 Å². The second kappa shape index (κ2) is 5.41. The van der Waals surface area contributed by atoms with Crippen molar-refractivity contribution < 1.29 is 9.84 Å². The molecule has 1 aliphatic rings. The molecule has 110 valence electrons.